The zero-order chi connectivity index (χ0) is 14.1. The predicted molar refractivity (Wildman–Crippen MR) is 84.1 cm³/mol. The molecule has 1 unspecified atom stereocenters. The first-order valence-corrected chi connectivity index (χ1v) is 7.61. The summed E-state index contributed by atoms with van der Waals surface area (Å²) in [7, 11) is 0. The lowest BCUT2D eigenvalue weighted by atomic mass is 10.0. The molecule has 0 aliphatic carbocycles. The average molecular weight is 262 g/mol. The van der Waals surface area contributed by atoms with Crippen LogP contribution in [0.2, 0.25) is 0 Å². The maximum absolute atomic E-state index is 5.67. The second-order valence-electron chi connectivity index (χ2n) is 5.92. The molecule has 0 saturated carbocycles. The second-order valence-corrected chi connectivity index (χ2v) is 5.92. The molecule has 0 aromatic heterocycles. The number of nitrogens with two attached hydrogens (primary N) is 1. The van der Waals surface area contributed by atoms with Crippen molar-refractivity contribution in [3.8, 4) is 0 Å². The molecule has 0 radical (unpaired) electrons. The van der Waals surface area contributed by atoms with Crippen molar-refractivity contribution >= 4 is 0 Å². The Hall–Kier alpha value is -0.860. The molecule has 2 N–H and O–H groups in total. The van der Waals surface area contributed by atoms with Crippen LogP contribution >= 0.6 is 0 Å². The van der Waals surface area contributed by atoms with Crippen LogP contribution in [0, 0.1) is 5.92 Å². The maximum Gasteiger partial charge on any atom is 0.0236 e. The van der Waals surface area contributed by atoms with Crippen LogP contribution in [0.25, 0.3) is 0 Å². The van der Waals surface area contributed by atoms with Gasteiger partial charge in [0.2, 0.25) is 0 Å². The molecule has 2 nitrogen and oxygen atoms in total. The van der Waals surface area contributed by atoms with Crippen LogP contribution in [0.15, 0.2) is 30.3 Å². The molecular weight excluding hydrogens is 232 g/mol. The van der Waals surface area contributed by atoms with Crippen molar-refractivity contribution in [2.75, 3.05) is 13.1 Å². The first-order chi connectivity index (χ1) is 9.13. The Balaban J connectivity index is 2.55. The zero-order valence-corrected chi connectivity index (χ0v) is 12.8. The minimum absolute atomic E-state index is 0.633. The summed E-state index contributed by atoms with van der Waals surface area (Å²) in [4.78, 5) is 2.57. The van der Waals surface area contributed by atoms with Crippen molar-refractivity contribution in [3.05, 3.63) is 35.9 Å². The van der Waals surface area contributed by atoms with Gasteiger partial charge in [-0.3, -0.25) is 4.90 Å². The summed E-state index contributed by atoms with van der Waals surface area (Å²) in [5.41, 5.74) is 7.06. The molecule has 0 aliphatic heterocycles. The van der Waals surface area contributed by atoms with E-state index in [1.165, 1.54) is 18.4 Å². The van der Waals surface area contributed by atoms with Crippen LogP contribution in [0.1, 0.15) is 45.6 Å². The van der Waals surface area contributed by atoms with E-state index in [-0.39, 0.29) is 0 Å². The van der Waals surface area contributed by atoms with Crippen molar-refractivity contribution in [1.82, 2.24) is 4.90 Å². The van der Waals surface area contributed by atoms with Crippen molar-refractivity contribution in [2.45, 2.75) is 52.6 Å². The highest BCUT2D eigenvalue weighted by atomic mass is 15.1. The molecule has 0 saturated heterocycles. The fourth-order valence-electron chi connectivity index (χ4n) is 2.32. The molecule has 0 aliphatic rings. The Morgan fingerprint density at radius 1 is 1.05 bits per heavy atom. The van der Waals surface area contributed by atoms with Gasteiger partial charge in [0.05, 0.1) is 0 Å². The van der Waals surface area contributed by atoms with Crippen molar-refractivity contribution in [1.29, 1.82) is 0 Å². The van der Waals surface area contributed by atoms with Crippen molar-refractivity contribution < 1.29 is 0 Å². The van der Waals surface area contributed by atoms with Crippen LogP contribution in [0.3, 0.4) is 0 Å². The van der Waals surface area contributed by atoms with Crippen LogP contribution in [0.4, 0.5) is 0 Å². The predicted octanol–water partition coefficient (Wildman–Crippen LogP) is 3.66. The van der Waals surface area contributed by atoms with Gasteiger partial charge in [-0.25, -0.2) is 0 Å². The number of rotatable bonds is 9. The quantitative estimate of drug-likeness (QED) is 0.736. The summed E-state index contributed by atoms with van der Waals surface area (Å²) in [6.45, 7) is 9.87. The lowest BCUT2D eigenvalue weighted by Crippen LogP contribution is -2.34. The van der Waals surface area contributed by atoms with Gasteiger partial charge in [-0.05, 0) is 50.8 Å². The summed E-state index contributed by atoms with van der Waals surface area (Å²) in [5.74, 6) is 0.788. The van der Waals surface area contributed by atoms with Crippen LogP contribution in [0.5, 0.6) is 0 Å². The standard InChI is InChI=1S/C17H30N2/c1-15(2)10-11-16(3)19(13-7-12-18)14-17-8-5-4-6-9-17/h4-6,8-9,15-16H,7,10-14,18H2,1-3H3. The number of benzene rings is 1. The smallest absolute Gasteiger partial charge is 0.0236 e. The van der Waals surface area contributed by atoms with Gasteiger partial charge >= 0.3 is 0 Å². The monoisotopic (exact) mass is 262 g/mol. The molecular formula is C17H30N2. The zero-order valence-electron chi connectivity index (χ0n) is 12.8. The highest BCUT2D eigenvalue weighted by molar-refractivity contribution is 5.14. The lowest BCUT2D eigenvalue weighted by molar-refractivity contribution is 0.183. The Morgan fingerprint density at radius 3 is 2.32 bits per heavy atom. The molecule has 19 heavy (non-hydrogen) atoms. The minimum Gasteiger partial charge on any atom is -0.330 e. The third kappa shape index (κ3) is 6.74. The fourth-order valence-corrected chi connectivity index (χ4v) is 2.32. The Bertz CT molecular complexity index is 321. The average Bonchev–Trinajstić information content (AvgIpc) is 2.41. The van der Waals surface area contributed by atoms with E-state index in [4.69, 9.17) is 5.73 Å². The van der Waals surface area contributed by atoms with Crippen molar-refractivity contribution in [3.63, 3.8) is 0 Å². The third-order valence-corrected chi connectivity index (χ3v) is 3.66. The molecule has 0 bridgehead atoms. The van der Waals surface area contributed by atoms with Gasteiger partial charge in [0.1, 0.15) is 0 Å². The number of hydrogen-bond donors (Lipinski definition) is 1. The summed E-state index contributed by atoms with van der Waals surface area (Å²) in [6, 6.07) is 11.4. The second kappa shape index (κ2) is 9.11. The van der Waals surface area contributed by atoms with Gasteiger partial charge in [-0.1, -0.05) is 44.2 Å². The van der Waals surface area contributed by atoms with Gasteiger partial charge in [0.25, 0.3) is 0 Å². The fraction of sp³-hybridized carbons (Fsp3) is 0.647. The highest BCUT2D eigenvalue weighted by Gasteiger charge is 2.14. The summed E-state index contributed by atoms with van der Waals surface area (Å²) in [5, 5.41) is 0. The third-order valence-electron chi connectivity index (χ3n) is 3.66. The first kappa shape index (κ1) is 16.2. The molecule has 0 fully saturated rings. The van der Waals surface area contributed by atoms with Gasteiger partial charge in [0, 0.05) is 12.6 Å². The Labute approximate surface area is 119 Å². The van der Waals surface area contributed by atoms with Gasteiger partial charge in [-0.15, -0.1) is 0 Å². The van der Waals surface area contributed by atoms with Gasteiger partial charge < -0.3 is 5.73 Å². The molecule has 0 amide bonds. The topological polar surface area (TPSA) is 29.3 Å². The Morgan fingerprint density at radius 2 is 1.74 bits per heavy atom. The Kier molecular flexibility index (Phi) is 7.76. The van der Waals surface area contributed by atoms with E-state index in [9.17, 15) is 0 Å². The largest absolute Gasteiger partial charge is 0.330 e. The summed E-state index contributed by atoms with van der Waals surface area (Å²) in [6.07, 6.45) is 3.66. The van der Waals surface area contributed by atoms with Gasteiger partial charge in [0.15, 0.2) is 0 Å². The molecule has 2 heteroatoms. The van der Waals surface area contributed by atoms with Gasteiger partial charge in [-0.2, -0.15) is 0 Å². The molecule has 0 spiro atoms. The van der Waals surface area contributed by atoms with Crippen LogP contribution in [-0.2, 0) is 6.54 Å². The number of nitrogens with zero attached hydrogens (tertiary/aromatic N) is 1. The van der Waals surface area contributed by atoms with Crippen molar-refractivity contribution in [2.24, 2.45) is 11.7 Å². The normalized spacial score (nSPS) is 13.2. The summed E-state index contributed by atoms with van der Waals surface area (Å²) >= 11 is 0. The van der Waals surface area contributed by atoms with E-state index < -0.39 is 0 Å². The van der Waals surface area contributed by atoms with E-state index in [0.29, 0.717) is 6.04 Å². The molecule has 0 heterocycles. The van der Waals surface area contributed by atoms with Crippen LogP contribution in [-0.4, -0.2) is 24.0 Å². The molecule has 1 atom stereocenters. The maximum atomic E-state index is 5.67. The molecule has 1 aromatic rings. The minimum atomic E-state index is 0.633. The van der Waals surface area contributed by atoms with E-state index in [1.807, 2.05) is 0 Å². The number of hydrogen-bond acceptors (Lipinski definition) is 2. The van der Waals surface area contributed by atoms with Crippen LogP contribution < -0.4 is 5.73 Å². The molecule has 108 valence electrons. The van der Waals surface area contributed by atoms with E-state index >= 15 is 0 Å². The van der Waals surface area contributed by atoms with E-state index in [1.54, 1.807) is 0 Å². The van der Waals surface area contributed by atoms with E-state index in [0.717, 1.165) is 32.0 Å². The first-order valence-electron chi connectivity index (χ1n) is 7.61. The molecule has 1 aromatic carbocycles. The highest BCUT2D eigenvalue weighted by Crippen LogP contribution is 2.15. The molecule has 1 rings (SSSR count). The van der Waals surface area contributed by atoms with E-state index in [2.05, 4.69) is 56.0 Å². The SMILES string of the molecule is CC(C)CCC(C)N(CCCN)Cc1ccccc1. The summed E-state index contributed by atoms with van der Waals surface area (Å²) < 4.78 is 0. The lowest BCUT2D eigenvalue weighted by Gasteiger charge is -2.29.